The second-order valence-corrected chi connectivity index (χ2v) is 9.63. The van der Waals surface area contributed by atoms with Crippen molar-refractivity contribution < 1.29 is 9.18 Å². The molecule has 1 unspecified atom stereocenters. The molecule has 0 radical (unpaired) electrons. The lowest BCUT2D eigenvalue weighted by atomic mass is 10.1. The number of nitrogens with one attached hydrogen (secondary N) is 1. The maximum atomic E-state index is 14.5. The number of amides is 2. The standard InChI is InChI=1S/C33H31FN4O2/c1-2-30(31-35-28-19-11-9-17-26(28)32(39)38(31)23-25-15-7-4-8-16-25)37(22-21-24-13-5-3-6-14-24)33(40)36-29-20-12-10-18-27(29)34/h3-20,30H,2,21-23H2,1H3,(H,36,40). The van der Waals surface area contributed by atoms with E-state index < -0.39 is 17.9 Å². The number of para-hydroxylation sites is 2. The highest BCUT2D eigenvalue weighted by atomic mass is 19.1. The Morgan fingerprint density at radius 1 is 0.875 bits per heavy atom. The first-order valence-electron chi connectivity index (χ1n) is 13.4. The van der Waals surface area contributed by atoms with Crippen LogP contribution in [-0.2, 0) is 13.0 Å². The summed E-state index contributed by atoms with van der Waals surface area (Å²) in [4.78, 5) is 34.3. The summed E-state index contributed by atoms with van der Waals surface area (Å²) in [5.41, 5.74) is 2.52. The number of rotatable bonds is 9. The van der Waals surface area contributed by atoms with Crippen molar-refractivity contribution in [3.05, 3.63) is 142 Å². The zero-order chi connectivity index (χ0) is 27.9. The first-order chi connectivity index (χ1) is 19.5. The summed E-state index contributed by atoms with van der Waals surface area (Å²) in [6, 6.07) is 31.9. The van der Waals surface area contributed by atoms with Crippen molar-refractivity contribution in [2.75, 3.05) is 11.9 Å². The molecule has 0 fully saturated rings. The average Bonchev–Trinajstić information content (AvgIpc) is 2.99. The summed E-state index contributed by atoms with van der Waals surface area (Å²) in [5, 5.41) is 3.27. The molecule has 0 aliphatic heterocycles. The van der Waals surface area contributed by atoms with Crippen LogP contribution in [-0.4, -0.2) is 27.0 Å². The van der Waals surface area contributed by atoms with Crippen molar-refractivity contribution >= 4 is 22.6 Å². The molecule has 2 amide bonds. The van der Waals surface area contributed by atoms with E-state index in [1.807, 2.05) is 85.8 Å². The third kappa shape index (κ3) is 5.94. The predicted octanol–water partition coefficient (Wildman–Crippen LogP) is 6.81. The minimum Gasteiger partial charge on any atom is -0.314 e. The number of urea groups is 1. The molecule has 0 bridgehead atoms. The molecule has 40 heavy (non-hydrogen) atoms. The van der Waals surface area contributed by atoms with Gasteiger partial charge in [-0.2, -0.15) is 0 Å². The van der Waals surface area contributed by atoms with Crippen molar-refractivity contribution in [1.82, 2.24) is 14.5 Å². The van der Waals surface area contributed by atoms with Gasteiger partial charge in [-0.3, -0.25) is 9.36 Å². The van der Waals surface area contributed by atoms with Crippen LogP contribution in [0.5, 0.6) is 0 Å². The van der Waals surface area contributed by atoms with Crippen LogP contribution in [0.2, 0.25) is 0 Å². The van der Waals surface area contributed by atoms with E-state index in [0.717, 1.165) is 11.1 Å². The van der Waals surface area contributed by atoms with Gasteiger partial charge in [0, 0.05) is 6.54 Å². The van der Waals surface area contributed by atoms with Crippen LogP contribution >= 0.6 is 0 Å². The molecule has 5 aromatic rings. The normalized spacial score (nSPS) is 11.8. The fourth-order valence-corrected chi connectivity index (χ4v) is 4.94. The van der Waals surface area contributed by atoms with Crippen molar-refractivity contribution in [1.29, 1.82) is 0 Å². The molecular formula is C33H31FN4O2. The maximum absolute atomic E-state index is 14.5. The Hall–Kier alpha value is -4.78. The monoisotopic (exact) mass is 534 g/mol. The maximum Gasteiger partial charge on any atom is 0.322 e. The van der Waals surface area contributed by atoms with Gasteiger partial charge in [-0.25, -0.2) is 14.2 Å². The lowest BCUT2D eigenvalue weighted by molar-refractivity contribution is 0.181. The molecule has 4 aromatic carbocycles. The Balaban J connectivity index is 1.60. The van der Waals surface area contributed by atoms with Crippen LogP contribution in [0.4, 0.5) is 14.9 Å². The molecule has 0 saturated heterocycles. The van der Waals surface area contributed by atoms with E-state index in [2.05, 4.69) is 5.32 Å². The van der Waals surface area contributed by atoms with Crippen molar-refractivity contribution in [3.8, 4) is 0 Å². The van der Waals surface area contributed by atoms with Crippen LogP contribution < -0.4 is 10.9 Å². The van der Waals surface area contributed by atoms with Crippen LogP contribution in [0.1, 0.15) is 36.3 Å². The molecule has 202 valence electrons. The van der Waals surface area contributed by atoms with E-state index in [-0.39, 0.29) is 11.2 Å². The van der Waals surface area contributed by atoms with Crippen LogP contribution in [0, 0.1) is 5.82 Å². The summed E-state index contributed by atoms with van der Waals surface area (Å²) in [5.74, 6) is -0.0245. The van der Waals surface area contributed by atoms with Gasteiger partial charge in [0.2, 0.25) is 0 Å². The third-order valence-corrected chi connectivity index (χ3v) is 7.00. The predicted molar refractivity (Wildman–Crippen MR) is 157 cm³/mol. The number of fused-ring (bicyclic) bond motifs is 1. The summed E-state index contributed by atoms with van der Waals surface area (Å²) < 4.78 is 16.2. The molecule has 0 aliphatic rings. The number of hydrogen-bond acceptors (Lipinski definition) is 3. The van der Waals surface area contributed by atoms with Gasteiger partial charge in [0.05, 0.1) is 29.2 Å². The van der Waals surface area contributed by atoms with E-state index >= 15 is 0 Å². The number of benzene rings is 4. The topological polar surface area (TPSA) is 67.2 Å². The number of carbonyl (C=O) groups excluding carboxylic acids is 1. The van der Waals surface area contributed by atoms with E-state index in [9.17, 15) is 14.0 Å². The number of anilines is 1. The molecule has 0 spiro atoms. The molecule has 1 heterocycles. The lowest BCUT2D eigenvalue weighted by Crippen LogP contribution is -2.42. The second kappa shape index (κ2) is 12.4. The Kier molecular flexibility index (Phi) is 8.30. The minimum atomic E-state index is -0.545. The van der Waals surface area contributed by atoms with Gasteiger partial charge in [-0.05, 0) is 48.2 Å². The summed E-state index contributed by atoms with van der Waals surface area (Å²) >= 11 is 0. The molecular weight excluding hydrogens is 503 g/mol. The molecule has 1 atom stereocenters. The van der Waals surface area contributed by atoms with Gasteiger partial charge < -0.3 is 10.2 Å². The molecule has 1 N–H and O–H groups in total. The van der Waals surface area contributed by atoms with Crippen LogP contribution in [0.25, 0.3) is 10.9 Å². The highest BCUT2D eigenvalue weighted by molar-refractivity contribution is 5.89. The molecule has 0 aliphatic carbocycles. The highest BCUT2D eigenvalue weighted by Crippen LogP contribution is 2.26. The van der Waals surface area contributed by atoms with Gasteiger partial charge >= 0.3 is 6.03 Å². The van der Waals surface area contributed by atoms with Crippen LogP contribution in [0.15, 0.2) is 114 Å². The number of halogens is 1. The van der Waals surface area contributed by atoms with E-state index in [1.54, 1.807) is 27.7 Å². The van der Waals surface area contributed by atoms with E-state index in [1.165, 1.54) is 12.1 Å². The van der Waals surface area contributed by atoms with Gasteiger partial charge in [-0.15, -0.1) is 0 Å². The molecule has 7 heteroatoms. The zero-order valence-corrected chi connectivity index (χ0v) is 22.3. The quantitative estimate of drug-likeness (QED) is 0.226. The first-order valence-corrected chi connectivity index (χ1v) is 13.4. The third-order valence-electron chi connectivity index (χ3n) is 7.00. The second-order valence-electron chi connectivity index (χ2n) is 9.63. The fraction of sp³-hybridized carbons (Fsp3) is 0.182. The van der Waals surface area contributed by atoms with E-state index in [4.69, 9.17) is 4.98 Å². The van der Waals surface area contributed by atoms with E-state index in [0.29, 0.717) is 42.7 Å². The van der Waals surface area contributed by atoms with Crippen molar-refractivity contribution in [2.45, 2.75) is 32.4 Å². The fourth-order valence-electron chi connectivity index (χ4n) is 4.94. The SMILES string of the molecule is CCC(c1nc2ccccc2c(=O)n1Cc1ccccc1)N(CCc1ccccc1)C(=O)Nc1ccccc1F. The number of nitrogens with zero attached hydrogens (tertiary/aromatic N) is 3. The average molecular weight is 535 g/mol. The van der Waals surface area contributed by atoms with Crippen molar-refractivity contribution in [2.24, 2.45) is 0 Å². The summed E-state index contributed by atoms with van der Waals surface area (Å²) in [6.45, 7) is 2.62. The van der Waals surface area contributed by atoms with Gasteiger partial charge in [0.1, 0.15) is 11.6 Å². The molecule has 6 nitrogen and oxygen atoms in total. The minimum absolute atomic E-state index is 0.0974. The Labute approximate surface area is 232 Å². The lowest BCUT2D eigenvalue weighted by Gasteiger charge is -2.32. The largest absolute Gasteiger partial charge is 0.322 e. The summed E-state index contributed by atoms with van der Waals surface area (Å²) in [6.07, 6.45) is 1.08. The summed E-state index contributed by atoms with van der Waals surface area (Å²) in [7, 11) is 0. The van der Waals surface area contributed by atoms with Crippen molar-refractivity contribution in [3.63, 3.8) is 0 Å². The zero-order valence-electron chi connectivity index (χ0n) is 22.3. The highest BCUT2D eigenvalue weighted by Gasteiger charge is 2.29. The van der Waals surface area contributed by atoms with Gasteiger partial charge in [0.25, 0.3) is 5.56 Å². The number of carbonyl (C=O) groups is 1. The number of hydrogen-bond donors (Lipinski definition) is 1. The number of aromatic nitrogens is 2. The molecule has 5 rings (SSSR count). The van der Waals surface area contributed by atoms with Gasteiger partial charge in [-0.1, -0.05) is 91.9 Å². The Morgan fingerprint density at radius 2 is 1.50 bits per heavy atom. The Morgan fingerprint density at radius 3 is 2.20 bits per heavy atom. The molecule has 0 saturated carbocycles. The van der Waals surface area contributed by atoms with Crippen LogP contribution in [0.3, 0.4) is 0 Å². The molecule has 1 aromatic heterocycles. The van der Waals surface area contributed by atoms with Gasteiger partial charge in [0.15, 0.2) is 0 Å². The first kappa shape index (κ1) is 26.8. The Bertz CT molecular complexity index is 1650. The smallest absolute Gasteiger partial charge is 0.314 e.